The number of amides is 1. The number of rotatable bonds is 8. The molecule has 0 aliphatic carbocycles. The van der Waals surface area contributed by atoms with Crippen LogP contribution in [0.25, 0.3) is 0 Å². The van der Waals surface area contributed by atoms with Crippen molar-refractivity contribution >= 4 is 47.0 Å². The van der Waals surface area contributed by atoms with Crippen LogP contribution in [0.15, 0.2) is 65.6 Å². The molecule has 0 aromatic heterocycles. The summed E-state index contributed by atoms with van der Waals surface area (Å²) in [5.74, 6) is 0.629. The third kappa shape index (κ3) is 6.09. The Kier molecular flexibility index (Phi) is 8.67. The average molecular weight is 546 g/mol. The largest absolute Gasteiger partial charge is 0.493 e. The molecule has 0 saturated carbocycles. The van der Waals surface area contributed by atoms with E-state index < -0.39 is 5.92 Å². The number of hydrogen-bond donors (Lipinski definition) is 0. The van der Waals surface area contributed by atoms with Gasteiger partial charge in [0.1, 0.15) is 17.2 Å². The van der Waals surface area contributed by atoms with Gasteiger partial charge in [-0.3, -0.25) is 13.9 Å². The summed E-state index contributed by atoms with van der Waals surface area (Å²) in [6.07, 6.45) is 0.531. The van der Waals surface area contributed by atoms with Crippen molar-refractivity contribution in [3.63, 3.8) is 0 Å². The predicted octanol–water partition coefficient (Wildman–Crippen LogP) is 7.38. The Morgan fingerprint density at radius 2 is 1.78 bits per heavy atom. The number of nitrogens with zero attached hydrogens (tertiary/aromatic N) is 1. The molecule has 0 saturated heterocycles. The van der Waals surface area contributed by atoms with Crippen LogP contribution in [0.1, 0.15) is 42.1 Å². The molecule has 4 rings (SSSR count). The molecule has 1 aliphatic rings. The summed E-state index contributed by atoms with van der Waals surface area (Å²) in [7, 11) is 0. The Morgan fingerprint density at radius 3 is 2.44 bits per heavy atom. The van der Waals surface area contributed by atoms with Gasteiger partial charge < -0.3 is 14.2 Å². The van der Waals surface area contributed by atoms with Crippen molar-refractivity contribution in [3.8, 4) is 17.2 Å². The standard InChI is InChI=1S/C27H25Cl2NO5S/c1-3-30(36-20-11-7-18(28)8-12-20)26(31)17-5-9-19(10-6-17)35-25-16-24-22(15-23(25)29)21(13-14-34-24)27(32)33-4-2/h5-12,15-16,21H,3-4,13-14H2,1-2H3. The molecular weight excluding hydrogens is 521 g/mol. The second kappa shape index (κ2) is 11.9. The fourth-order valence-corrected chi connectivity index (χ4v) is 4.93. The van der Waals surface area contributed by atoms with Crippen LogP contribution in [0, 0.1) is 0 Å². The summed E-state index contributed by atoms with van der Waals surface area (Å²) in [5.41, 5.74) is 1.22. The number of carbonyl (C=O) groups is 2. The third-order valence-electron chi connectivity index (χ3n) is 5.55. The number of carbonyl (C=O) groups excluding carboxylic acids is 2. The van der Waals surface area contributed by atoms with Gasteiger partial charge in [0.2, 0.25) is 0 Å². The van der Waals surface area contributed by atoms with E-state index in [4.69, 9.17) is 37.4 Å². The molecule has 1 aliphatic heterocycles. The van der Waals surface area contributed by atoms with Gasteiger partial charge in [-0.05, 0) is 86.8 Å². The van der Waals surface area contributed by atoms with Crippen molar-refractivity contribution < 1.29 is 23.8 Å². The van der Waals surface area contributed by atoms with E-state index in [0.717, 1.165) is 4.90 Å². The topological polar surface area (TPSA) is 65.1 Å². The molecule has 1 heterocycles. The first kappa shape index (κ1) is 26.2. The molecule has 3 aromatic rings. The minimum Gasteiger partial charge on any atom is -0.493 e. The van der Waals surface area contributed by atoms with E-state index in [1.54, 1.807) is 59.8 Å². The van der Waals surface area contributed by atoms with Crippen LogP contribution in [-0.2, 0) is 9.53 Å². The highest BCUT2D eigenvalue weighted by Crippen LogP contribution is 2.42. The van der Waals surface area contributed by atoms with Gasteiger partial charge in [0.15, 0.2) is 0 Å². The molecular formula is C27H25Cl2NO5S. The van der Waals surface area contributed by atoms with E-state index >= 15 is 0 Å². The van der Waals surface area contributed by atoms with Crippen molar-refractivity contribution in [2.75, 3.05) is 19.8 Å². The monoisotopic (exact) mass is 545 g/mol. The summed E-state index contributed by atoms with van der Waals surface area (Å²) in [6, 6.07) is 17.6. The van der Waals surface area contributed by atoms with Crippen LogP contribution >= 0.6 is 35.1 Å². The van der Waals surface area contributed by atoms with Crippen molar-refractivity contribution in [2.24, 2.45) is 0 Å². The number of benzene rings is 3. The first-order chi connectivity index (χ1) is 17.4. The molecule has 36 heavy (non-hydrogen) atoms. The zero-order valence-corrected chi connectivity index (χ0v) is 22.2. The third-order valence-corrected chi connectivity index (χ3v) is 7.22. The van der Waals surface area contributed by atoms with Crippen molar-refractivity contribution in [3.05, 3.63) is 81.8 Å². The summed E-state index contributed by atoms with van der Waals surface area (Å²) < 4.78 is 18.6. The average Bonchev–Trinajstić information content (AvgIpc) is 2.88. The fraction of sp³-hybridized carbons (Fsp3) is 0.259. The number of esters is 1. The molecule has 188 valence electrons. The quantitative estimate of drug-likeness (QED) is 0.217. The van der Waals surface area contributed by atoms with Gasteiger partial charge in [-0.1, -0.05) is 23.2 Å². The molecule has 3 aromatic carbocycles. The van der Waals surface area contributed by atoms with Crippen LogP contribution < -0.4 is 9.47 Å². The smallest absolute Gasteiger partial charge is 0.313 e. The zero-order valence-electron chi connectivity index (χ0n) is 19.8. The molecule has 0 radical (unpaired) electrons. The van der Waals surface area contributed by atoms with Crippen molar-refractivity contribution in [2.45, 2.75) is 31.1 Å². The predicted molar refractivity (Wildman–Crippen MR) is 141 cm³/mol. The summed E-state index contributed by atoms with van der Waals surface area (Å²) in [6.45, 7) is 4.94. The van der Waals surface area contributed by atoms with Gasteiger partial charge in [-0.2, -0.15) is 0 Å². The van der Waals surface area contributed by atoms with E-state index in [-0.39, 0.29) is 11.9 Å². The lowest BCUT2D eigenvalue weighted by Crippen LogP contribution is -2.23. The molecule has 0 fully saturated rings. The van der Waals surface area contributed by atoms with Crippen LogP contribution in [0.4, 0.5) is 0 Å². The summed E-state index contributed by atoms with van der Waals surface area (Å²) in [5, 5.41) is 0.999. The van der Waals surface area contributed by atoms with E-state index in [2.05, 4.69) is 0 Å². The highest BCUT2D eigenvalue weighted by atomic mass is 35.5. The van der Waals surface area contributed by atoms with Gasteiger partial charge in [0, 0.05) is 33.7 Å². The van der Waals surface area contributed by atoms with Crippen LogP contribution in [0.3, 0.4) is 0 Å². The van der Waals surface area contributed by atoms with Gasteiger partial charge in [0.05, 0.1) is 24.2 Å². The molecule has 6 nitrogen and oxygen atoms in total. The van der Waals surface area contributed by atoms with E-state index in [1.165, 1.54) is 11.9 Å². The molecule has 0 N–H and O–H groups in total. The van der Waals surface area contributed by atoms with Gasteiger partial charge in [-0.25, -0.2) is 0 Å². The highest BCUT2D eigenvalue weighted by molar-refractivity contribution is 7.97. The summed E-state index contributed by atoms with van der Waals surface area (Å²) in [4.78, 5) is 26.3. The highest BCUT2D eigenvalue weighted by Gasteiger charge is 2.30. The van der Waals surface area contributed by atoms with Crippen LogP contribution in [0.2, 0.25) is 10.0 Å². The van der Waals surface area contributed by atoms with Crippen molar-refractivity contribution in [1.29, 1.82) is 0 Å². The first-order valence-corrected chi connectivity index (χ1v) is 13.1. The van der Waals surface area contributed by atoms with E-state index in [0.29, 0.717) is 64.6 Å². The Bertz CT molecular complexity index is 1230. The summed E-state index contributed by atoms with van der Waals surface area (Å²) >= 11 is 13.8. The van der Waals surface area contributed by atoms with Crippen LogP contribution in [0.5, 0.6) is 17.2 Å². The lowest BCUT2D eigenvalue weighted by Gasteiger charge is -2.25. The molecule has 1 unspecified atom stereocenters. The Hall–Kier alpha value is -2.87. The van der Waals surface area contributed by atoms with Gasteiger partial charge >= 0.3 is 5.97 Å². The number of ether oxygens (including phenoxy) is 3. The lowest BCUT2D eigenvalue weighted by molar-refractivity contribution is -0.145. The maximum Gasteiger partial charge on any atom is 0.313 e. The van der Waals surface area contributed by atoms with E-state index in [9.17, 15) is 9.59 Å². The van der Waals surface area contributed by atoms with Crippen LogP contribution in [-0.4, -0.2) is 35.9 Å². The number of fused-ring (bicyclic) bond motifs is 1. The minimum absolute atomic E-state index is 0.116. The lowest BCUT2D eigenvalue weighted by atomic mass is 9.93. The minimum atomic E-state index is -0.419. The Labute approximate surface area is 224 Å². The second-order valence-electron chi connectivity index (χ2n) is 7.93. The maximum absolute atomic E-state index is 13.0. The number of hydrogen-bond acceptors (Lipinski definition) is 6. The molecule has 0 spiro atoms. The van der Waals surface area contributed by atoms with Crippen molar-refractivity contribution in [1.82, 2.24) is 4.31 Å². The molecule has 9 heteroatoms. The fourth-order valence-electron chi connectivity index (χ4n) is 3.76. The van der Waals surface area contributed by atoms with Gasteiger partial charge in [0.25, 0.3) is 5.91 Å². The Morgan fingerprint density at radius 1 is 1.06 bits per heavy atom. The molecule has 1 amide bonds. The van der Waals surface area contributed by atoms with E-state index in [1.807, 2.05) is 19.1 Å². The first-order valence-electron chi connectivity index (χ1n) is 11.6. The molecule has 0 bridgehead atoms. The Balaban J connectivity index is 1.47. The molecule has 1 atom stereocenters. The SMILES string of the molecule is CCOC(=O)C1CCOc2cc(Oc3ccc(C(=O)N(CC)Sc4ccc(Cl)cc4)cc3)c(Cl)cc21. The van der Waals surface area contributed by atoms with Gasteiger partial charge in [-0.15, -0.1) is 0 Å². The number of halogens is 2. The zero-order chi connectivity index (χ0) is 25.7. The second-order valence-corrected chi connectivity index (χ2v) is 9.87. The maximum atomic E-state index is 13.0. The normalized spacial score (nSPS) is 14.4.